The van der Waals surface area contributed by atoms with E-state index in [4.69, 9.17) is 10.8 Å². The van der Waals surface area contributed by atoms with E-state index in [1.165, 1.54) is 12.3 Å². The van der Waals surface area contributed by atoms with Crippen LogP contribution in [0.5, 0.6) is 0 Å². The van der Waals surface area contributed by atoms with Crippen LogP contribution in [0.4, 0.5) is 8.78 Å². The van der Waals surface area contributed by atoms with Gasteiger partial charge in [-0.05, 0) is 12.1 Å². The lowest BCUT2D eigenvalue weighted by Crippen LogP contribution is -2.26. The Hall–Kier alpha value is -3.27. The Bertz CT molecular complexity index is 1240. The van der Waals surface area contributed by atoms with Crippen LogP contribution in [-0.2, 0) is 13.5 Å². The van der Waals surface area contributed by atoms with E-state index in [0.29, 0.717) is 10.6 Å². The average molecular weight is 415 g/mol. The minimum absolute atomic E-state index is 0.0119. The van der Waals surface area contributed by atoms with E-state index in [0.717, 1.165) is 22.1 Å². The zero-order valence-corrected chi connectivity index (χ0v) is 16.9. The van der Waals surface area contributed by atoms with Gasteiger partial charge in [0.25, 0.3) is 0 Å². The molecule has 0 atom stereocenters. The number of rotatable bonds is 3. The molecule has 7 nitrogen and oxygen atoms in total. The number of halogens is 2. The highest BCUT2D eigenvalue weighted by Gasteiger charge is 2.18. The van der Waals surface area contributed by atoms with Crippen molar-refractivity contribution < 1.29 is 8.78 Å². The van der Waals surface area contributed by atoms with Crippen molar-refractivity contribution >= 4 is 28.1 Å². The molecule has 150 valence electrons. The summed E-state index contributed by atoms with van der Waals surface area (Å²) in [6.45, 7) is 4.00. The van der Waals surface area contributed by atoms with Crippen LogP contribution in [0, 0.1) is 22.5 Å². The Kier molecular flexibility index (Phi) is 5.92. The van der Waals surface area contributed by atoms with Gasteiger partial charge in [-0.3, -0.25) is 20.5 Å². The van der Waals surface area contributed by atoms with Gasteiger partial charge in [-0.15, -0.1) is 0 Å². The van der Waals surface area contributed by atoms with Gasteiger partial charge in [0.15, 0.2) is 5.01 Å². The molecule has 2 N–H and O–H groups in total. The normalized spacial score (nSPS) is 10.7. The summed E-state index contributed by atoms with van der Waals surface area (Å²) < 4.78 is 31.8. The van der Waals surface area contributed by atoms with Crippen molar-refractivity contribution in [3.8, 4) is 10.6 Å². The van der Waals surface area contributed by atoms with Crippen LogP contribution in [0.1, 0.15) is 19.4 Å². The number of hydrogen-bond acceptors (Lipinski definition) is 6. The van der Waals surface area contributed by atoms with Crippen LogP contribution in [-0.4, -0.2) is 30.4 Å². The fraction of sp³-hybridized carbons (Fsp3) is 0.211. The molecule has 0 saturated carbocycles. The van der Waals surface area contributed by atoms with Crippen molar-refractivity contribution in [2.24, 2.45) is 7.05 Å². The topological polar surface area (TPSA) is 96.2 Å². The number of hydrogen-bond donors (Lipinski definition) is 2. The summed E-state index contributed by atoms with van der Waals surface area (Å²) in [5.41, 5.74) is 0.671. The van der Waals surface area contributed by atoms with Gasteiger partial charge in [-0.25, -0.2) is 8.78 Å². The Balaban J connectivity index is 0.00000117. The van der Waals surface area contributed by atoms with Gasteiger partial charge in [0, 0.05) is 42.9 Å². The molecule has 1 aromatic carbocycles. The summed E-state index contributed by atoms with van der Waals surface area (Å²) in [6, 6.07) is 4.22. The van der Waals surface area contributed by atoms with Crippen molar-refractivity contribution in [1.29, 1.82) is 10.8 Å². The van der Waals surface area contributed by atoms with E-state index in [1.807, 2.05) is 13.8 Å². The maximum atomic E-state index is 14.7. The van der Waals surface area contributed by atoms with Crippen LogP contribution in [0.3, 0.4) is 0 Å². The standard InChI is InChI=1S/C17H13F2N7S.C2H6/c1-25-8-9(7-23-25)16-24-26(17(21)27-16)14(20)5-11-12(18)6-13-10(15(11)19)3-2-4-22-13;1-2/h2-4,6-8,20-21H,5H2,1H3;1-2H3. The molecule has 0 aliphatic heterocycles. The van der Waals surface area contributed by atoms with Gasteiger partial charge in [0.05, 0.1) is 17.3 Å². The van der Waals surface area contributed by atoms with Crippen LogP contribution in [0.2, 0.25) is 0 Å². The molecule has 10 heteroatoms. The SMILES string of the molecule is CC.Cn1cc(-c2nn(C(=N)Cc3c(F)cc4ncccc4c3F)c(=N)s2)cn1. The van der Waals surface area contributed by atoms with E-state index in [-0.39, 0.29) is 33.5 Å². The average Bonchev–Trinajstić information content (AvgIpc) is 3.32. The zero-order valence-electron chi connectivity index (χ0n) is 16.1. The number of aryl methyl sites for hydroxylation is 1. The first kappa shape index (κ1) is 20.5. The first-order valence-electron chi connectivity index (χ1n) is 8.87. The Morgan fingerprint density at radius 1 is 1.28 bits per heavy atom. The van der Waals surface area contributed by atoms with E-state index in [9.17, 15) is 8.78 Å². The highest BCUT2D eigenvalue weighted by molar-refractivity contribution is 7.12. The molecule has 0 aliphatic carbocycles. The quantitative estimate of drug-likeness (QED) is 0.394. The Morgan fingerprint density at radius 2 is 2.03 bits per heavy atom. The lowest BCUT2D eigenvalue weighted by molar-refractivity contribution is 0.571. The van der Waals surface area contributed by atoms with Crippen molar-refractivity contribution in [2.45, 2.75) is 20.3 Å². The highest BCUT2D eigenvalue weighted by Crippen LogP contribution is 2.23. The van der Waals surface area contributed by atoms with Gasteiger partial charge in [0.1, 0.15) is 17.5 Å². The first-order chi connectivity index (χ1) is 13.9. The van der Waals surface area contributed by atoms with Crippen LogP contribution in [0.25, 0.3) is 21.5 Å². The molecule has 29 heavy (non-hydrogen) atoms. The lowest BCUT2D eigenvalue weighted by atomic mass is 10.1. The highest BCUT2D eigenvalue weighted by atomic mass is 32.1. The van der Waals surface area contributed by atoms with E-state index in [1.54, 1.807) is 30.2 Å². The van der Waals surface area contributed by atoms with Crippen LogP contribution in [0.15, 0.2) is 36.8 Å². The Morgan fingerprint density at radius 3 is 2.72 bits per heavy atom. The second-order valence-corrected chi connectivity index (χ2v) is 6.85. The molecule has 0 amide bonds. The molecule has 0 spiro atoms. The molecule has 0 aliphatic rings. The van der Waals surface area contributed by atoms with E-state index in [2.05, 4.69) is 15.2 Å². The molecule has 3 heterocycles. The summed E-state index contributed by atoms with van der Waals surface area (Å²) in [7, 11) is 1.76. The molecule has 4 rings (SSSR count). The number of nitrogens with one attached hydrogen (secondary N) is 2. The fourth-order valence-electron chi connectivity index (χ4n) is 2.72. The van der Waals surface area contributed by atoms with Crippen molar-refractivity contribution in [3.63, 3.8) is 0 Å². The summed E-state index contributed by atoms with van der Waals surface area (Å²) in [5, 5.41) is 25.2. The van der Waals surface area contributed by atoms with E-state index < -0.39 is 11.6 Å². The van der Waals surface area contributed by atoms with Crippen molar-refractivity contribution in [3.05, 3.63) is 58.8 Å². The van der Waals surface area contributed by atoms with Gasteiger partial charge in [-0.2, -0.15) is 14.9 Å². The van der Waals surface area contributed by atoms with Crippen LogP contribution >= 0.6 is 11.3 Å². The molecule has 0 unspecified atom stereocenters. The number of pyridine rings is 1. The van der Waals surface area contributed by atoms with Crippen molar-refractivity contribution in [1.82, 2.24) is 24.5 Å². The van der Waals surface area contributed by atoms with E-state index >= 15 is 0 Å². The monoisotopic (exact) mass is 415 g/mol. The summed E-state index contributed by atoms with van der Waals surface area (Å²) in [6.07, 6.45) is 4.46. The van der Waals surface area contributed by atoms with Crippen molar-refractivity contribution in [2.75, 3.05) is 0 Å². The largest absolute Gasteiger partial charge is 0.286 e. The fourth-order valence-corrected chi connectivity index (χ4v) is 3.49. The van der Waals surface area contributed by atoms with Gasteiger partial charge >= 0.3 is 0 Å². The maximum absolute atomic E-state index is 14.7. The zero-order chi connectivity index (χ0) is 21.1. The number of benzene rings is 1. The lowest BCUT2D eigenvalue weighted by Gasteiger charge is -2.09. The van der Waals surface area contributed by atoms with Gasteiger partial charge in [0.2, 0.25) is 4.80 Å². The summed E-state index contributed by atoms with van der Waals surface area (Å²) >= 11 is 1.06. The molecular weight excluding hydrogens is 396 g/mol. The third kappa shape index (κ3) is 3.97. The number of fused-ring (bicyclic) bond motifs is 1. The third-order valence-corrected chi connectivity index (χ3v) is 4.90. The molecule has 0 saturated heterocycles. The molecule has 3 aromatic heterocycles. The summed E-state index contributed by atoms with van der Waals surface area (Å²) in [4.78, 5) is 3.93. The molecule has 0 fully saturated rings. The predicted molar refractivity (Wildman–Crippen MR) is 108 cm³/mol. The molecule has 0 bridgehead atoms. The second kappa shape index (κ2) is 8.39. The molecular formula is C19H19F2N7S. The molecule has 0 radical (unpaired) electrons. The predicted octanol–water partition coefficient (Wildman–Crippen LogP) is 3.75. The van der Waals surface area contributed by atoms with Gasteiger partial charge < -0.3 is 0 Å². The third-order valence-electron chi connectivity index (χ3n) is 4.02. The van der Waals surface area contributed by atoms with Gasteiger partial charge in [-0.1, -0.05) is 25.2 Å². The smallest absolute Gasteiger partial charge is 0.206 e. The maximum Gasteiger partial charge on any atom is 0.206 e. The minimum atomic E-state index is -0.779. The summed E-state index contributed by atoms with van der Waals surface area (Å²) in [5.74, 6) is -1.73. The second-order valence-electron chi connectivity index (χ2n) is 5.87. The number of nitrogens with zero attached hydrogens (tertiary/aromatic N) is 5. The van der Waals surface area contributed by atoms with Crippen LogP contribution < -0.4 is 4.80 Å². The Labute approximate surface area is 169 Å². The first-order valence-corrected chi connectivity index (χ1v) is 9.69. The molecule has 4 aromatic rings. The number of aromatic nitrogens is 5. The minimum Gasteiger partial charge on any atom is -0.286 e.